The van der Waals surface area contributed by atoms with E-state index >= 15 is 0 Å². The molecule has 0 aliphatic carbocycles. The van der Waals surface area contributed by atoms with Crippen LogP contribution in [0.25, 0.3) is 0 Å². The van der Waals surface area contributed by atoms with Gasteiger partial charge >= 0.3 is 6.03 Å². The molecule has 4 nitrogen and oxygen atoms in total. The van der Waals surface area contributed by atoms with Crippen LogP contribution in [0.5, 0.6) is 0 Å². The lowest BCUT2D eigenvalue weighted by molar-refractivity contribution is -0.119. The minimum Gasteiger partial charge on any atom is -0.312 e. The molecule has 2 heterocycles. The van der Waals surface area contributed by atoms with Gasteiger partial charge in [0.05, 0.1) is 5.69 Å². The Morgan fingerprint density at radius 1 is 1.11 bits per heavy atom. The highest BCUT2D eigenvalue weighted by Crippen LogP contribution is 2.31. The fraction of sp³-hybridized carbons (Fsp3) is 0.429. The van der Waals surface area contributed by atoms with Gasteiger partial charge in [-0.2, -0.15) is 0 Å². The molecule has 1 aromatic rings. The Bertz CT molecular complexity index is 508. The van der Waals surface area contributed by atoms with E-state index in [1.165, 1.54) is 12.1 Å². The maximum absolute atomic E-state index is 13.8. The van der Waals surface area contributed by atoms with Crippen LogP contribution in [0.2, 0.25) is 0 Å². The summed E-state index contributed by atoms with van der Waals surface area (Å²) in [6, 6.07) is 5.11. The second-order valence-electron chi connectivity index (χ2n) is 4.97. The molecule has 0 bridgehead atoms. The fourth-order valence-electron chi connectivity index (χ4n) is 2.82. The predicted molar refractivity (Wildman–Crippen MR) is 68.2 cm³/mol. The number of urea groups is 1. The number of halogens is 1. The van der Waals surface area contributed by atoms with E-state index in [1.54, 1.807) is 17.0 Å². The van der Waals surface area contributed by atoms with Crippen LogP contribution in [0, 0.1) is 5.82 Å². The number of rotatable bonds is 1. The van der Waals surface area contributed by atoms with Gasteiger partial charge in [0.2, 0.25) is 0 Å². The normalized spacial score (nSPS) is 23.5. The molecule has 100 valence electrons. The summed E-state index contributed by atoms with van der Waals surface area (Å²) in [5.74, 6) is -0.834. The van der Waals surface area contributed by atoms with Crippen molar-refractivity contribution in [2.24, 2.45) is 0 Å². The molecular formula is C14H15FN2O2. The first kappa shape index (κ1) is 12.1. The van der Waals surface area contributed by atoms with Crippen LogP contribution in [0.4, 0.5) is 14.9 Å². The number of para-hydroxylation sites is 1. The SMILES string of the molecule is O=C1C2CCCCCN2C(=O)N1c1ccccc1F. The van der Waals surface area contributed by atoms with Crippen molar-refractivity contribution in [3.8, 4) is 0 Å². The summed E-state index contributed by atoms with van der Waals surface area (Å²) in [6.45, 7) is 0.584. The molecule has 0 N–H and O–H groups in total. The molecule has 19 heavy (non-hydrogen) atoms. The molecule has 2 aliphatic heterocycles. The highest BCUT2D eigenvalue weighted by atomic mass is 19.1. The smallest absolute Gasteiger partial charge is 0.312 e. The lowest BCUT2D eigenvalue weighted by Crippen LogP contribution is -2.34. The highest BCUT2D eigenvalue weighted by Gasteiger charge is 2.46. The van der Waals surface area contributed by atoms with Crippen molar-refractivity contribution >= 4 is 17.6 Å². The summed E-state index contributed by atoms with van der Waals surface area (Å²) in [6.07, 6.45) is 3.55. The largest absolute Gasteiger partial charge is 0.332 e. The van der Waals surface area contributed by atoms with E-state index < -0.39 is 11.9 Å². The maximum atomic E-state index is 13.8. The summed E-state index contributed by atoms with van der Waals surface area (Å²) in [5, 5.41) is 0. The van der Waals surface area contributed by atoms with Crippen molar-refractivity contribution in [1.29, 1.82) is 0 Å². The van der Waals surface area contributed by atoms with Crippen molar-refractivity contribution in [2.45, 2.75) is 31.7 Å². The number of imide groups is 1. The van der Waals surface area contributed by atoms with Gasteiger partial charge in [-0.3, -0.25) is 4.79 Å². The monoisotopic (exact) mass is 262 g/mol. The minimum absolute atomic E-state index is 0.0607. The standard InChI is InChI=1S/C14H15FN2O2/c15-10-6-3-4-7-11(10)17-13(18)12-8-2-1-5-9-16(12)14(17)19/h3-4,6-7,12H,1-2,5,8-9H2. The summed E-state index contributed by atoms with van der Waals surface area (Å²) in [5.41, 5.74) is 0.0607. The van der Waals surface area contributed by atoms with E-state index in [1.807, 2.05) is 0 Å². The minimum atomic E-state index is -0.540. The Hall–Kier alpha value is -1.91. The number of carbonyl (C=O) groups excluding carboxylic acids is 2. The lowest BCUT2D eigenvalue weighted by Gasteiger charge is -2.18. The van der Waals surface area contributed by atoms with E-state index in [-0.39, 0.29) is 17.6 Å². The third-order valence-corrected chi connectivity index (χ3v) is 3.79. The number of carbonyl (C=O) groups is 2. The zero-order chi connectivity index (χ0) is 13.4. The van der Waals surface area contributed by atoms with Gasteiger partial charge in [-0.1, -0.05) is 25.0 Å². The molecule has 2 aliphatic rings. The Balaban J connectivity index is 1.98. The van der Waals surface area contributed by atoms with Gasteiger partial charge in [-0.15, -0.1) is 0 Å². The van der Waals surface area contributed by atoms with Crippen molar-refractivity contribution < 1.29 is 14.0 Å². The Morgan fingerprint density at radius 3 is 2.68 bits per heavy atom. The number of amides is 3. The average molecular weight is 262 g/mol. The summed E-state index contributed by atoms with van der Waals surface area (Å²) >= 11 is 0. The molecule has 0 spiro atoms. The molecule has 3 rings (SSSR count). The molecular weight excluding hydrogens is 247 g/mol. The Kier molecular flexibility index (Phi) is 2.97. The van der Waals surface area contributed by atoms with Crippen molar-refractivity contribution in [1.82, 2.24) is 4.90 Å². The number of nitrogens with zero attached hydrogens (tertiary/aromatic N) is 2. The molecule has 2 fully saturated rings. The lowest BCUT2D eigenvalue weighted by atomic mass is 10.1. The Morgan fingerprint density at radius 2 is 1.89 bits per heavy atom. The summed E-state index contributed by atoms with van der Waals surface area (Å²) < 4.78 is 13.8. The number of fused-ring (bicyclic) bond motifs is 1. The number of anilines is 1. The van der Waals surface area contributed by atoms with Gasteiger partial charge in [0.25, 0.3) is 5.91 Å². The number of hydrogen-bond donors (Lipinski definition) is 0. The molecule has 1 atom stereocenters. The van der Waals surface area contributed by atoms with Crippen LogP contribution in [0.3, 0.4) is 0 Å². The second-order valence-corrected chi connectivity index (χ2v) is 4.97. The first-order valence-corrected chi connectivity index (χ1v) is 6.59. The molecule has 1 aromatic carbocycles. The first-order valence-electron chi connectivity index (χ1n) is 6.59. The van der Waals surface area contributed by atoms with Gasteiger partial charge in [-0.05, 0) is 25.0 Å². The van der Waals surface area contributed by atoms with Gasteiger partial charge in [0.15, 0.2) is 0 Å². The van der Waals surface area contributed by atoms with Gasteiger partial charge in [0.1, 0.15) is 11.9 Å². The molecule has 3 amide bonds. The molecule has 0 saturated carbocycles. The first-order chi connectivity index (χ1) is 9.20. The maximum Gasteiger partial charge on any atom is 0.332 e. The van der Waals surface area contributed by atoms with Gasteiger partial charge < -0.3 is 4.90 Å². The predicted octanol–water partition coefficient (Wildman–Crippen LogP) is 2.54. The average Bonchev–Trinajstić information content (AvgIpc) is 2.61. The second kappa shape index (κ2) is 4.64. The molecule has 0 aromatic heterocycles. The third-order valence-electron chi connectivity index (χ3n) is 3.79. The summed E-state index contributed by atoms with van der Waals surface area (Å²) in [4.78, 5) is 27.2. The summed E-state index contributed by atoms with van der Waals surface area (Å²) in [7, 11) is 0. The van der Waals surface area contributed by atoms with Crippen molar-refractivity contribution in [3.63, 3.8) is 0 Å². The molecule has 0 radical (unpaired) electrons. The van der Waals surface area contributed by atoms with E-state index in [9.17, 15) is 14.0 Å². The topological polar surface area (TPSA) is 40.6 Å². The van der Waals surface area contributed by atoms with Crippen molar-refractivity contribution in [2.75, 3.05) is 11.4 Å². The fourth-order valence-corrected chi connectivity index (χ4v) is 2.82. The van der Waals surface area contributed by atoms with Crippen LogP contribution >= 0.6 is 0 Å². The molecule has 1 unspecified atom stereocenters. The molecule has 5 heteroatoms. The van der Waals surface area contributed by atoms with Gasteiger partial charge in [-0.25, -0.2) is 14.1 Å². The molecule has 2 saturated heterocycles. The van der Waals surface area contributed by atoms with Crippen LogP contribution in [-0.4, -0.2) is 29.4 Å². The van der Waals surface area contributed by atoms with Crippen LogP contribution in [0.1, 0.15) is 25.7 Å². The van der Waals surface area contributed by atoms with E-state index in [0.717, 1.165) is 24.2 Å². The van der Waals surface area contributed by atoms with Crippen molar-refractivity contribution in [3.05, 3.63) is 30.1 Å². The zero-order valence-electron chi connectivity index (χ0n) is 10.5. The third kappa shape index (κ3) is 1.89. The van der Waals surface area contributed by atoms with Crippen LogP contribution < -0.4 is 4.90 Å². The van der Waals surface area contributed by atoms with E-state index in [0.29, 0.717) is 13.0 Å². The number of benzene rings is 1. The highest BCUT2D eigenvalue weighted by molar-refractivity contribution is 6.21. The van der Waals surface area contributed by atoms with Gasteiger partial charge in [0, 0.05) is 6.54 Å². The Labute approximate surface area is 110 Å². The van der Waals surface area contributed by atoms with E-state index in [2.05, 4.69) is 0 Å². The number of hydrogen-bond acceptors (Lipinski definition) is 2. The van der Waals surface area contributed by atoms with E-state index in [4.69, 9.17) is 0 Å². The zero-order valence-corrected chi connectivity index (χ0v) is 10.5. The quantitative estimate of drug-likeness (QED) is 0.730. The van der Waals surface area contributed by atoms with Crippen LogP contribution in [-0.2, 0) is 4.79 Å². The van der Waals surface area contributed by atoms with Crippen LogP contribution in [0.15, 0.2) is 24.3 Å².